The number of aliphatic hydroxyl groups excluding tert-OH is 1. The lowest BCUT2D eigenvalue weighted by Crippen LogP contribution is -2.58. The number of aromatic carboxylic acids is 1. The summed E-state index contributed by atoms with van der Waals surface area (Å²) in [6.07, 6.45) is -10.8. The van der Waals surface area contributed by atoms with E-state index in [9.17, 15) is 53.9 Å². The number of fused-ring (bicyclic) bond motifs is 3. The zero-order chi connectivity index (χ0) is 55.3. The van der Waals surface area contributed by atoms with Gasteiger partial charge in [0.25, 0.3) is 35.2 Å². The van der Waals surface area contributed by atoms with Crippen LogP contribution < -0.4 is 83.1 Å². The highest BCUT2D eigenvalue weighted by atomic mass is 16.6. The van der Waals surface area contributed by atoms with E-state index in [1.165, 1.54) is 24.3 Å². The van der Waals surface area contributed by atoms with Crippen molar-refractivity contribution >= 4 is 98.2 Å². The monoisotopic (exact) mass is 1030 g/mol. The Morgan fingerprint density at radius 1 is 0.547 bits per heavy atom. The fourth-order valence-corrected chi connectivity index (χ4v) is 7.20. The number of benzene rings is 5. The Morgan fingerprint density at radius 3 is 1.49 bits per heavy atom. The molecule has 31 heteroatoms. The lowest BCUT2D eigenvalue weighted by Gasteiger charge is -2.32. The first kappa shape index (κ1) is 55.1. The van der Waals surface area contributed by atoms with Gasteiger partial charge in [-0.1, -0.05) is 78.9 Å². The minimum atomic E-state index is -2.37. The molecule has 0 aliphatic rings. The molecule has 5 aromatic carbocycles. The summed E-state index contributed by atoms with van der Waals surface area (Å²) in [5.41, 5.74) is 47.8. The molecule has 5 aromatic rings. The van der Waals surface area contributed by atoms with Crippen molar-refractivity contribution in [2.45, 2.75) is 43.5 Å². The average Bonchev–Trinajstić information content (AvgIpc) is 3.35. The Labute approximate surface area is 422 Å². The summed E-state index contributed by atoms with van der Waals surface area (Å²) in [6, 6.07) is 24.4. The number of nitrogens with zero attached hydrogens (tertiary/aromatic N) is 6. The first-order valence-corrected chi connectivity index (χ1v) is 21.5. The zero-order valence-electron chi connectivity index (χ0n) is 38.9. The highest BCUT2D eigenvalue weighted by molar-refractivity contribution is 6.09. The predicted molar refractivity (Wildman–Crippen MR) is 271 cm³/mol. The fourth-order valence-electron chi connectivity index (χ4n) is 7.20. The second kappa shape index (κ2) is 24.3. The molecule has 5 rings (SSSR count). The quantitative estimate of drug-likeness (QED) is 0.00772. The van der Waals surface area contributed by atoms with Crippen molar-refractivity contribution in [2.75, 3.05) is 4.90 Å². The number of carbonyl (C=O) groups excluding carboxylic acids is 6. The number of amides is 6. The fraction of sp³-hybridized carbons (Fsp3) is 0.159. The standard InChI is InChI=1S/C44H50N20O11/c45-29(65)30(59-41(46)47)55-35(67)32(61-43(50)51)57-37(69)33(62-44(52)53)58-36(68)31(60-42(48)49)56-34(66)28(19-8-2-1-3-9-19)54-38(70)39(71)63(27-15-14-22(64(74)75)17-26(27)40(72)73)18-21-16-20-10-4-5-11-23(20)25-13-7-6-12-24(21)25/h1-17,28,30-33,39,71H,18H2,(H2,45,65)(H,54,70)(H,55,67)(H,56,66)(H,57,69)(H,58,68)(H,72,73)(H4,46,47,59)(H4,48,49,60)(H4,50,51,61)(H4,52,53,62). The van der Waals surface area contributed by atoms with Crippen molar-refractivity contribution in [1.82, 2.24) is 26.6 Å². The molecule has 0 fully saturated rings. The molecule has 25 N–H and O–H groups in total. The second-order valence-corrected chi connectivity index (χ2v) is 15.7. The molecule has 6 atom stereocenters. The van der Waals surface area contributed by atoms with Gasteiger partial charge in [0, 0.05) is 18.7 Å². The van der Waals surface area contributed by atoms with E-state index >= 15 is 0 Å². The van der Waals surface area contributed by atoms with E-state index in [1.54, 1.807) is 36.4 Å². The molecule has 75 heavy (non-hydrogen) atoms. The number of nitro benzene ring substituents is 1. The van der Waals surface area contributed by atoms with Crippen molar-refractivity contribution in [3.8, 4) is 0 Å². The van der Waals surface area contributed by atoms with Crippen LogP contribution in [0.25, 0.3) is 21.5 Å². The van der Waals surface area contributed by atoms with Crippen molar-refractivity contribution in [3.05, 3.63) is 130 Å². The highest BCUT2D eigenvalue weighted by Gasteiger charge is 2.36. The molecule has 0 bridgehead atoms. The molecular formula is C44H50N20O11. The number of guanidine groups is 4. The van der Waals surface area contributed by atoms with Gasteiger partial charge in [-0.05, 0) is 44.8 Å². The number of hydrogen-bond acceptors (Lipinski definition) is 15. The van der Waals surface area contributed by atoms with Gasteiger partial charge in [-0.3, -0.25) is 38.9 Å². The van der Waals surface area contributed by atoms with E-state index in [-0.39, 0.29) is 11.3 Å². The summed E-state index contributed by atoms with van der Waals surface area (Å²) in [6.45, 7) is -0.402. The molecule has 0 aromatic heterocycles. The van der Waals surface area contributed by atoms with Gasteiger partial charge in [-0.15, -0.1) is 0 Å². The van der Waals surface area contributed by atoms with Gasteiger partial charge < -0.3 is 93.3 Å². The zero-order valence-corrected chi connectivity index (χ0v) is 38.9. The second-order valence-electron chi connectivity index (χ2n) is 15.7. The van der Waals surface area contributed by atoms with Crippen LogP contribution in [0.15, 0.2) is 123 Å². The number of nitro groups is 1. The van der Waals surface area contributed by atoms with Crippen LogP contribution in [-0.2, 0) is 35.3 Å². The molecule has 0 saturated carbocycles. The highest BCUT2D eigenvalue weighted by Crippen LogP contribution is 2.33. The lowest BCUT2D eigenvalue weighted by molar-refractivity contribution is -0.384. The molecular weight excluding hydrogens is 985 g/mol. The smallest absolute Gasteiger partial charge is 0.338 e. The molecule has 0 spiro atoms. The summed E-state index contributed by atoms with van der Waals surface area (Å²) in [5, 5.41) is 47.8. The van der Waals surface area contributed by atoms with E-state index in [4.69, 9.17) is 51.6 Å². The third-order valence-corrected chi connectivity index (χ3v) is 10.4. The van der Waals surface area contributed by atoms with Gasteiger partial charge >= 0.3 is 5.97 Å². The Kier molecular flexibility index (Phi) is 17.9. The number of nitrogens with one attached hydrogen (secondary N) is 5. The van der Waals surface area contributed by atoms with Gasteiger partial charge in [-0.25, -0.2) is 24.8 Å². The molecule has 0 aliphatic heterocycles. The third-order valence-electron chi connectivity index (χ3n) is 10.4. The SMILES string of the molecule is NC(=O)C(N=C(N)N)NC(=O)C(N=C(N)N)NC(=O)C(N=C(N)N)NC(=O)C(N=C(N)N)NC(=O)C(NC(=O)C(O)N(Cc1cc2ccccc2c2ccccc12)c1ccc([N+](=O)[O-])cc1C(=O)O)c1ccccc1. The summed E-state index contributed by atoms with van der Waals surface area (Å²) in [7, 11) is 0. The number of rotatable bonds is 22. The average molecular weight is 1040 g/mol. The van der Waals surface area contributed by atoms with Crippen molar-refractivity contribution in [2.24, 2.45) is 71.6 Å². The Bertz CT molecular complexity index is 3150. The Balaban J connectivity index is 1.49. The van der Waals surface area contributed by atoms with Gasteiger partial charge in [-0.2, -0.15) is 0 Å². The number of nitrogens with two attached hydrogens (primary N) is 9. The maximum atomic E-state index is 14.5. The summed E-state index contributed by atoms with van der Waals surface area (Å²) >= 11 is 0. The number of anilines is 1. The maximum absolute atomic E-state index is 14.5. The molecule has 0 radical (unpaired) electrons. The van der Waals surface area contributed by atoms with E-state index in [0.717, 1.165) is 39.3 Å². The van der Waals surface area contributed by atoms with Crippen LogP contribution in [-0.4, -0.2) is 111 Å². The van der Waals surface area contributed by atoms with Crippen LogP contribution in [0, 0.1) is 10.1 Å². The number of hydrogen-bond donors (Lipinski definition) is 16. The van der Waals surface area contributed by atoms with E-state index in [0.29, 0.717) is 10.9 Å². The van der Waals surface area contributed by atoms with Crippen LogP contribution in [0.5, 0.6) is 0 Å². The van der Waals surface area contributed by atoms with Gasteiger partial charge in [0.1, 0.15) is 6.04 Å². The molecule has 0 saturated heterocycles. The number of non-ortho nitro benzene ring substituents is 1. The van der Waals surface area contributed by atoms with Crippen LogP contribution >= 0.6 is 0 Å². The summed E-state index contributed by atoms with van der Waals surface area (Å²) in [5.74, 6) is -12.8. The largest absolute Gasteiger partial charge is 0.478 e. The van der Waals surface area contributed by atoms with Crippen molar-refractivity contribution in [3.63, 3.8) is 0 Å². The third kappa shape index (κ3) is 14.4. The maximum Gasteiger partial charge on any atom is 0.338 e. The van der Waals surface area contributed by atoms with Crippen molar-refractivity contribution in [1.29, 1.82) is 0 Å². The Morgan fingerprint density at radius 2 is 1.00 bits per heavy atom. The summed E-state index contributed by atoms with van der Waals surface area (Å²) < 4.78 is 0. The lowest BCUT2D eigenvalue weighted by atomic mass is 9.96. The number of aliphatic hydroxyl groups is 1. The molecule has 392 valence electrons. The minimum Gasteiger partial charge on any atom is -0.478 e. The number of primary amides is 1. The van der Waals surface area contributed by atoms with Crippen LogP contribution in [0.2, 0.25) is 0 Å². The molecule has 6 unspecified atom stereocenters. The minimum absolute atomic E-state index is 0.0215. The number of carboxylic acid groups (broad SMARTS) is 1. The molecule has 0 heterocycles. The first-order valence-electron chi connectivity index (χ1n) is 21.5. The first-order chi connectivity index (χ1) is 35.4. The molecule has 0 aliphatic carbocycles. The van der Waals surface area contributed by atoms with E-state index in [1.807, 2.05) is 34.9 Å². The summed E-state index contributed by atoms with van der Waals surface area (Å²) in [4.78, 5) is 120. The van der Waals surface area contributed by atoms with E-state index < -0.39 is 125 Å². The van der Waals surface area contributed by atoms with Crippen LogP contribution in [0.3, 0.4) is 0 Å². The Hall–Kier alpha value is -10.9. The van der Waals surface area contributed by atoms with E-state index in [2.05, 4.69) is 35.9 Å². The topological polar surface area (TPSA) is 550 Å². The molecule has 6 amide bonds. The van der Waals surface area contributed by atoms with Gasteiger partial charge in [0.15, 0.2) is 23.8 Å². The number of carbonyl (C=O) groups is 7. The number of carboxylic acids is 1. The van der Waals surface area contributed by atoms with Gasteiger partial charge in [0.2, 0.25) is 36.8 Å². The van der Waals surface area contributed by atoms with Crippen LogP contribution in [0.1, 0.15) is 27.5 Å². The number of aliphatic imine (C=N–C) groups is 4. The van der Waals surface area contributed by atoms with Crippen molar-refractivity contribution < 1.29 is 48.7 Å². The predicted octanol–water partition coefficient (Wildman–Crippen LogP) is -4.87. The normalized spacial score (nSPS) is 13.1. The van der Waals surface area contributed by atoms with Crippen LogP contribution in [0.4, 0.5) is 11.4 Å². The molecule has 31 nitrogen and oxygen atoms in total. The van der Waals surface area contributed by atoms with Gasteiger partial charge in [0.05, 0.1) is 16.2 Å².